The first-order valence-corrected chi connectivity index (χ1v) is 9.82. The van der Waals surface area contributed by atoms with Crippen molar-refractivity contribution < 1.29 is 9.59 Å². The number of hydrogen-bond acceptors (Lipinski definition) is 2. The number of rotatable bonds is 6. The van der Waals surface area contributed by atoms with Gasteiger partial charge in [-0.15, -0.1) is 0 Å². The largest absolute Gasteiger partial charge is 0.349 e. The summed E-state index contributed by atoms with van der Waals surface area (Å²) in [5, 5.41) is 6.03. The van der Waals surface area contributed by atoms with Crippen molar-refractivity contribution in [2.75, 3.05) is 5.32 Å². The molecule has 1 fully saturated rings. The Morgan fingerprint density at radius 2 is 1.63 bits per heavy atom. The molecule has 0 heterocycles. The summed E-state index contributed by atoms with van der Waals surface area (Å²) in [5.74, 6) is 0.452. The third-order valence-corrected chi connectivity index (χ3v) is 5.24. The molecule has 4 heteroatoms. The van der Waals surface area contributed by atoms with Crippen LogP contribution in [0.3, 0.4) is 0 Å². The number of carbonyl (C=O) groups excluding carboxylic acids is 2. The molecule has 0 bridgehead atoms. The van der Waals surface area contributed by atoms with Gasteiger partial charge >= 0.3 is 0 Å². The molecule has 2 amide bonds. The predicted octanol–water partition coefficient (Wildman–Crippen LogP) is 4.63. The molecule has 0 aliphatic heterocycles. The fraction of sp³-hybridized carbons (Fsp3) is 0.391. The molecule has 1 atom stereocenters. The lowest BCUT2D eigenvalue weighted by Crippen LogP contribution is -2.35. The monoisotopic (exact) mass is 364 g/mol. The average molecular weight is 364 g/mol. The van der Waals surface area contributed by atoms with Crippen molar-refractivity contribution in [2.24, 2.45) is 5.92 Å². The molecule has 0 radical (unpaired) electrons. The van der Waals surface area contributed by atoms with Crippen LogP contribution in [0.25, 0.3) is 0 Å². The van der Waals surface area contributed by atoms with E-state index in [0.717, 1.165) is 11.3 Å². The fourth-order valence-corrected chi connectivity index (χ4v) is 3.92. The second kappa shape index (κ2) is 9.36. The highest BCUT2D eigenvalue weighted by molar-refractivity contribution is 5.88. The highest BCUT2D eigenvalue weighted by Crippen LogP contribution is 2.34. The van der Waals surface area contributed by atoms with Crippen molar-refractivity contribution in [2.45, 2.75) is 51.5 Å². The third-order valence-electron chi connectivity index (χ3n) is 5.24. The molecule has 2 N–H and O–H groups in total. The molecular formula is C23H28N2O2. The van der Waals surface area contributed by atoms with E-state index in [1.165, 1.54) is 44.6 Å². The summed E-state index contributed by atoms with van der Waals surface area (Å²) in [6.45, 7) is 1.48. The number of benzene rings is 2. The van der Waals surface area contributed by atoms with Gasteiger partial charge in [-0.3, -0.25) is 9.59 Å². The summed E-state index contributed by atoms with van der Waals surface area (Å²) in [7, 11) is 0. The van der Waals surface area contributed by atoms with Gasteiger partial charge in [0, 0.05) is 12.6 Å². The Bertz CT molecular complexity index is 750. The summed E-state index contributed by atoms with van der Waals surface area (Å²) in [5.41, 5.74) is 2.88. The normalized spacial score (nSPS) is 15.7. The Kier molecular flexibility index (Phi) is 6.64. The summed E-state index contributed by atoms with van der Waals surface area (Å²) in [4.78, 5) is 23.8. The zero-order valence-electron chi connectivity index (χ0n) is 15.9. The van der Waals surface area contributed by atoms with E-state index in [1.807, 2.05) is 42.5 Å². The molecule has 2 aromatic carbocycles. The van der Waals surface area contributed by atoms with Crippen LogP contribution in [-0.4, -0.2) is 11.8 Å². The summed E-state index contributed by atoms with van der Waals surface area (Å²) < 4.78 is 0. The molecule has 4 nitrogen and oxygen atoms in total. The van der Waals surface area contributed by atoms with Crippen LogP contribution in [0.4, 0.5) is 5.69 Å². The fourth-order valence-electron chi connectivity index (χ4n) is 3.92. The minimum absolute atomic E-state index is 0.0432. The van der Waals surface area contributed by atoms with Crippen molar-refractivity contribution in [1.82, 2.24) is 5.32 Å². The highest BCUT2D eigenvalue weighted by Gasteiger charge is 2.26. The van der Waals surface area contributed by atoms with E-state index in [0.29, 0.717) is 12.3 Å². The second-order valence-corrected chi connectivity index (χ2v) is 7.41. The van der Waals surface area contributed by atoms with Crippen LogP contribution in [0, 0.1) is 5.92 Å². The Hall–Kier alpha value is -2.62. The summed E-state index contributed by atoms with van der Waals surface area (Å²) in [6, 6.07) is 17.9. The quantitative estimate of drug-likeness (QED) is 0.785. The lowest BCUT2D eigenvalue weighted by molar-refractivity contribution is -0.121. The van der Waals surface area contributed by atoms with Crippen LogP contribution < -0.4 is 10.6 Å². The van der Waals surface area contributed by atoms with Gasteiger partial charge in [0.2, 0.25) is 11.8 Å². The van der Waals surface area contributed by atoms with Crippen LogP contribution in [0.5, 0.6) is 0 Å². The Balaban J connectivity index is 1.66. The van der Waals surface area contributed by atoms with Gasteiger partial charge in [0.05, 0.1) is 12.5 Å². The first-order valence-electron chi connectivity index (χ1n) is 9.82. The molecule has 1 aliphatic carbocycles. The van der Waals surface area contributed by atoms with Crippen LogP contribution >= 0.6 is 0 Å². The van der Waals surface area contributed by atoms with E-state index in [2.05, 4.69) is 22.8 Å². The first-order chi connectivity index (χ1) is 13.1. The molecule has 27 heavy (non-hydrogen) atoms. The molecule has 0 saturated heterocycles. The Morgan fingerprint density at radius 3 is 2.26 bits per heavy atom. The van der Waals surface area contributed by atoms with E-state index in [9.17, 15) is 9.59 Å². The van der Waals surface area contributed by atoms with Gasteiger partial charge in [-0.25, -0.2) is 0 Å². The van der Waals surface area contributed by atoms with Crippen molar-refractivity contribution in [3.63, 3.8) is 0 Å². The zero-order chi connectivity index (χ0) is 19.1. The van der Waals surface area contributed by atoms with Gasteiger partial charge < -0.3 is 10.6 Å². The van der Waals surface area contributed by atoms with E-state index in [4.69, 9.17) is 0 Å². The minimum Gasteiger partial charge on any atom is -0.349 e. The van der Waals surface area contributed by atoms with Gasteiger partial charge in [0.1, 0.15) is 0 Å². The average Bonchev–Trinajstić information content (AvgIpc) is 2.69. The van der Waals surface area contributed by atoms with Gasteiger partial charge in [0.15, 0.2) is 0 Å². The van der Waals surface area contributed by atoms with E-state index in [1.54, 1.807) is 0 Å². The lowest BCUT2D eigenvalue weighted by atomic mass is 9.81. The maximum absolute atomic E-state index is 12.7. The van der Waals surface area contributed by atoms with Crippen LogP contribution in [0.1, 0.15) is 56.2 Å². The second-order valence-electron chi connectivity index (χ2n) is 7.41. The van der Waals surface area contributed by atoms with Gasteiger partial charge in [-0.1, -0.05) is 61.7 Å². The number of nitrogens with one attached hydrogen (secondary N) is 2. The maximum atomic E-state index is 12.7. The smallest absolute Gasteiger partial charge is 0.224 e. The molecule has 1 unspecified atom stereocenters. The summed E-state index contributed by atoms with van der Waals surface area (Å²) >= 11 is 0. The third kappa shape index (κ3) is 5.68. The van der Waals surface area contributed by atoms with Crippen molar-refractivity contribution in [3.05, 3.63) is 65.7 Å². The number of anilines is 1. The molecule has 2 aromatic rings. The van der Waals surface area contributed by atoms with E-state index < -0.39 is 0 Å². The van der Waals surface area contributed by atoms with Crippen LogP contribution in [0.15, 0.2) is 54.6 Å². The molecule has 1 aliphatic rings. The number of carbonyl (C=O) groups is 2. The van der Waals surface area contributed by atoms with E-state index >= 15 is 0 Å². The Labute approximate surface area is 161 Å². The molecule has 0 aromatic heterocycles. The highest BCUT2D eigenvalue weighted by atomic mass is 16.2. The van der Waals surface area contributed by atoms with Gasteiger partial charge in [-0.05, 0) is 42.0 Å². The minimum atomic E-state index is -0.0984. The van der Waals surface area contributed by atoms with Crippen LogP contribution in [0.2, 0.25) is 0 Å². The van der Waals surface area contributed by atoms with Crippen molar-refractivity contribution in [3.8, 4) is 0 Å². The maximum Gasteiger partial charge on any atom is 0.224 e. The van der Waals surface area contributed by atoms with Gasteiger partial charge in [0.25, 0.3) is 0 Å². The molecule has 3 rings (SSSR count). The van der Waals surface area contributed by atoms with Crippen LogP contribution in [-0.2, 0) is 16.0 Å². The van der Waals surface area contributed by atoms with E-state index in [-0.39, 0.29) is 17.9 Å². The first kappa shape index (κ1) is 19.2. The SMILES string of the molecule is CC(=O)Nc1ccc(CC(=O)NC(c2ccccc2)C2CCCCC2)cc1. The van der Waals surface area contributed by atoms with Gasteiger partial charge in [-0.2, -0.15) is 0 Å². The predicted molar refractivity (Wildman–Crippen MR) is 108 cm³/mol. The molecule has 142 valence electrons. The van der Waals surface area contributed by atoms with Crippen molar-refractivity contribution >= 4 is 17.5 Å². The molecule has 1 saturated carbocycles. The molecule has 0 spiro atoms. The summed E-state index contributed by atoms with van der Waals surface area (Å²) in [6.07, 6.45) is 6.47. The Morgan fingerprint density at radius 1 is 0.963 bits per heavy atom. The number of hydrogen-bond donors (Lipinski definition) is 2. The standard InChI is InChI=1S/C23H28N2O2/c1-17(26)24-21-14-12-18(13-15-21)16-22(27)25-23(19-8-4-2-5-9-19)20-10-6-3-7-11-20/h2,4-5,8-9,12-15,20,23H,3,6-7,10-11,16H2,1H3,(H,24,26)(H,25,27). The van der Waals surface area contributed by atoms with Crippen molar-refractivity contribution in [1.29, 1.82) is 0 Å². The molecular weight excluding hydrogens is 336 g/mol. The topological polar surface area (TPSA) is 58.2 Å². The number of amides is 2. The zero-order valence-corrected chi connectivity index (χ0v) is 15.9. The lowest BCUT2D eigenvalue weighted by Gasteiger charge is -2.31.